The van der Waals surface area contributed by atoms with Crippen molar-refractivity contribution in [3.8, 4) is 0 Å². The van der Waals surface area contributed by atoms with Crippen LogP contribution in [0.2, 0.25) is 0 Å². The van der Waals surface area contributed by atoms with Gasteiger partial charge in [-0.2, -0.15) is 0 Å². The van der Waals surface area contributed by atoms with Gasteiger partial charge in [0.2, 0.25) is 0 Å². The van der Waals surface area contributed by atoms with Crippen LogP contribution in [0.15, 0.2) is 0 Å². The summed E-state index contributed by atoms with van der Waals surface area (Å²) in [4.78, 5) is 0. The summed E-state index contributed by atoms with van der Waals surface area (Å²) in [7, 11) is 0. The van der Waals surface area contributed by atoms with Crippen LogP contribution >= 0.6 is 0 Å². The lowest BCUT2D eigenvalue weighted by atomic mass is 9.98. The molecule has 1 saturated carbocycles. The van der Waals surface area contributed by atoms with Crippen molar-refractivity contribution in [3.05, 3.63) is 6.42 Å². The molecule has 0 aromatic heterocycles. The third kappa shape index (κ3) is 1.11. The molecule has 2 aliphatic rings. The molecule has 51 valence electrons. The average molecular weight is 124 g/mol. The van der Waals surface area contributed by atoms with E-state index in [4.69, 9.17) is 0 Å². The van der Waals surface area contributed by atoms with Crippen molar-refractivity contribution in [2.45, 2.75) is 25.7 Å². The lowest BCUT2D eigenvalue weighted by molar-refractivity contribution is 0.474. The number of nitrogens with one attached hydrogen (secondary N) is 1. The van der Waals surface area contributed by atoms with Crippen LogP contribution in [0, 0.1) is 11.8 Å². The highest BCUT2D eigenvalue weighted by molar-refractivity contribution is 5.10. The molecular formula is C8H14N. The topological polar surface area (TPSA) is 12.0 Å². The Balaban J connectivity index is 1.92. The molecule has 1 unspecified atom stereocenters. The third-order valence-electron chi connectivity index (χ3n) is 2.61. The summed E-state index contributed by atoms with van der Waals surface area (Å²) in [5, 5.41) is 3.42. The van der Waals surface area contributed by atoms with Gasteiger partial charge >= 0.3 is 0 Å². The van der Waals surface area contributed by atoms with Crippen LogP contribution in [-0.4, -0.2) is 13.1 Å². The maximum atomic E-state index is 3.42. The molecule has 0 bridgehead atoms. The van der Waals surface area contributed by atoms with Crippen LogP contribution in [-0.2, 0) is 0 Å². The molecule has 1 saturated heterocycles. The van der Waals surface area contributed by atoms with Gasteiger partial charge in [0.25, 0.3) is 0 Å². The minimum Gasteiger partial charge on any atom is -0.317 e. The smallest absolute Gasteiger partial charge is 0.00435 e. The molecule has 1 N–H and O–H groups in total. The second-order valence-corrected chi connectivity index (χ2v) is 3.37. The number of hydrogen-bond acceptors (Lipinski definition) is 1. The molecule has 2 fully saturated rings. The molecule has 2 rings (SSSR count). The summed E-state index contributed by atoms with van der Waals surface area (Å²) >= 11 is 0. The SMILES string of the molecule is [CH]1CC12CCCNCC2. The lowest BCUT2D eigenvalue weighted by Crippen LogP contribution is -2.14. The van der Waals surface area contributed by atoms with E-state index in [0.29, 0.717) is 0 Å². The lowest BCUT2D eigenvalue weighted by Gasteiger charge is -2.07. The van der Waals surface area contributed by atoms with Gasteiger partial charge in [0.05, 0.1) is 0 Å². The fourth-order valence-electron chi connectivity index (χ4n) is 1.71. The molecule has 9 heavy (non-hydrogen) atoms. The highest BCUT2D eigenvalue weighted by Crippen LogP contribution is 2.51. The first-order chi connectivity index (χ1) is 4.41. The van der Waals surface area contributed by atoms with Gasteiger partial charge in [0.15, 0.2) is 0 Å². The van der Waals surface area contributed by atoms with Crippen molar-refractivity contribution >= 4 is 0 Å². The van der Waals surface area contributed by atoms with Crippen LogP contribution in [0.4, 0.5) is 0 Å². The standard InChI is InChI=1S/C8H14N/c1-2-8(3-4-8)5-7-9-6-1/h3,9H,1-2,4-7H2. The van der Waals surface area contributed by atoms with Crippen LogP contribution < -0.4 is 5.32 Å². The summed E-state index contributed by atoms with van der Waals surface area (Å²) in [5.41, 5.74) is 0.726. The Hall–Kier alpha value is -0.0400. The molecule has 1 heterocycles. The molecule has 1 heteroatoms. The largest absolute Gasteiger partial charge is 0.317 e. The van der Waals surface area contributed by atoms with E-state index in [-0.39, 0.29) is 0 Å². The van der Waals surface area contributed by atoms with Gasteiger partial charge < -0.3 is 5.32 Å². The Kier molecular flexibility index (Phi) is 1.26. The normalized spacial score (nSPS) is 32.0. The summed E-state index contributed by atoms with van der Waals surface area (Å²) in [6, 6.07) is 0. The van der Waals surface area contributed by atoms with E-state index in [9.17, 15) is 0 Å². The second kappa shape index (κ2) is 1.98. The Morgan fingerprint density at radius 3 is 2.89 bits per heavy atom. The summed E-state index contributed by atoms with van der Waals surface area (Å²) in [6.07, 6.45) is 8.11. The summed E-state index contributed by atoms with van der Waals surface area (Å²) in [5.74, 6) is 0. The zero-order valence-electron chi connectivity index (χ0n) is 5.82. The predicted molar refractivity (Wildman–Crippen MR) is 38.1 cm³/mol. The van der Waals surface area contributed by atoms with E-state index in [1.807, 2.05) is 0 Å². The van der Waals surface area contributed by atoms with E-state index in [1.165, 1.54) is 38.8 Å². The van der Waals surface area contributed by atoms with Crippen LogP contribution in [0.5, 0.6) is 0 Å². The van der Waals surface area contributed by atoms with Gasteiger partial charge in [0, 0.05) is 0 Å². The average Bonchev–Trinajstić information content (AvgIpc) is 2.64. The first-order valence-corrected chi connectivity index (χ1v) is 3.96. The van der Waals surface area contributed by atoms with Gasteiger partial charge in [-0.25, -0.2) is 0 Å². The third-order valence-corrected chi connectivity index (χ3v) is 2.61. The molecule has 1 spiro atoms. The van der Waals surface area contributed by atoms with Crippen molar-refractivity contribution in [2.75, 3.05) is 13.1 Å². The van der Waals surface area contributed by atoms with Crippen molar-refractivity contribution in [2.24, 2.45) is 5.41 Å². The first-order valence-electron chi connectivity index (χ1n) is 3.96. The highest BCUT2D eigenvalue weighted by Gasteiger charge is 2.41. The van der Waals surface area contributed by atoms with Gasteiger partial charge in [0.1, 0.15) is 0 Å². The fraction of sp³-hybridized carbons (Fsp3) is 0.875. The zero-order valence-corrected chi connectivity index (χ0v) is 5.82. The Bertz CT molecular complexity index is 95.1. The Labute approximate surface area is 56.8 Å². The molecule has 0 aromatic rings. The summed E-state index contributed by atoms with van der Waals surface area (Å²) < 4.78 is 0. The van der Waals surface area contributed by atoms with Crippen LogP contribution in [0.1, 0.15) is 25.7 Å². The van der Waals surface area contributed by atoms with Gasteiger partial charge in [-0.1, -0.05) is 0 Å². The molecule has 1 atom stereocenters. The van der Waals surface area contributed by atoms with Gasteiger partial charge in [-0.3, -0.25) is 0 Å². The highest BCUT2D eigenvalue weighted by atomic mass is 14.9. The Morgan fingerprint density at radius 2 is 2.11 bits per heavy atom. The van der Waals surface area contributed by atoms with Crippen molar-refractivity contribution in [1.29, 1.82) is 0 Å². The molecule has 0 aromatic carbocycles. The molecule has 0 amide bonds. The molecular weight excluding hydrogens is 110 g/mol. The van der Waals surface area contributed by atoms with Crippen molar-refractivity contribution in [3.63, 3.8) is 0 Å². The van der Waals surface area contributed by atoms with Gasteiger partial charge in [-0.15, -0.1) is 0 Å². The Morgan fingerprint density at radius 1 is 1.22 bits per heavy atom. The number of hydrogen-bond donors (Lipinski definition) is 1. The molecule has 1 aliphatic carbocycles. The van der Waals surface area contributed by atoms with E-state index < -0.39 is 0 Å². The maximum Gasteiger partial charge on any atom is -0.00435 e. The van der Waals surface area contributed by atoms with E-state index in [0.717, 1.165) is 5.41 Å². The minimum absolute atomic E-state index is 0.726. The minimum atomic E-state index is 0.726. The van der Waals surface area contributed by atoms with Crippen LogP contribution in [0.25, 0.3) is 0 Å². The molecule has 1 nitrogen and oxygen atoms in total. The van der Waals surface area contributed by atoms with E-state index in [1.54, 1.807) is 0 Å². The predicted octanol–water partition coefficient (Wildman–Crippen LogP) is 1.35. The first kappa shape index (κ1) is 5.72. The zero-order chi connectivity index (χ0) is 6.16. The molecule has 1 radical (unpaired) electrons. The van der Waals surface area contributed by atoms with Crippen LogP contribution in [0.3, 0.4) is 0 Å². The number of rotatable bonds is 0. The quantitative estimate of drug-likeness (QED) is 0.514. The monoisotopic (exact) mass is 124 g/mol. The summed E-state index contributed by atoms with van der Waals surface area (Å²) in [6.45, 7) is 2.49. The van der Waals surface area contributed by atoms with E-state index >= 15 is 0 Å². The fourth-order valence-corrected chi connectivity index (χ4v) is 1.71. The van der Waals surface area contributed by atoms with Crippen molar-refractivity contribution < 1.29 is 0 Å². The molecule has 1 aliphatic heterocycles. The van der Waals surface area contributed by atoms with Crippen molar-refractivity contribution in [1.82, 2.24) is 5.32 Å². The van der Waals surface area contributed by atoms with E-state index in [2.05, 4.69) is 11.7 Å². The second-order valence-electron chi connectivity index (χ2n) is 3.37. The maximum absolute atomic E-state index is 3.42. The van der Waals surface area contributed by atoms with Gasteiger partial charge in [-0.05, 0) is 50.6 Å².